The molecule has 0 radical (unpaired) electrons. The summed E-state index contributed by atoms with van der Waals surface area (Å²) in [5, 5.41) is 3.59. The van der Waals surface area contributed by atoms with E-state index in [-0.39, 0.29) is 28.0 Å². The molecule has 0 aromatic heterocycles. The fourth-order valence-electron chi connectivity index (χ4n) is 3.81. The van der Waals surface area contributed by atoms with E-state index in [9.17, 15) is 17.8 Å². The number of halogens is 1. The average molecular weight is 467 g/mol. The number of carbonyl (C=O) groups excluding carboxylic acids is 1. The highest BCUT2D eigenvalue weighted by molar-refractivity contribution is 7.85. The topological polar surface area (TPSA) is 95.9 Å². The first kappa shape index (κ1) is 23.5. The zero-order chi connectivity index (χ0) is 22.6. The standard InChI is InChI=1S/C22H27ClN2O5S/c1-3-30-20-13-16(7-8-19(20)23)14-25-11-9-17(10-12-25)24-22(26)18-5-4-6-21(15(18)2)31(27,28)29/h4-8,13,17H,3,9-12,14H2,1-2H3,(H,24,26)(H,27,28,29). The molecule has 1 saturated heterocycles. The summed E-state index contributed by atoms with van der Waals surface area (Å²) in [5.41, 5.74) is 1.61. The van der Waals surface area contributed by atoms with Crippen LogP contribution in [0, 0.1) is 6.92 Å². The maximum atomic E-state index is 12.7. The SMILES string of the molecule is CCOc1cc(CN2CCC(NC(=O)c3cccc(S(=O)(=O)O)c3C)CC2)ccc1Cl. The number of nitrogens with one attached hydrogen (secondary N) is 1. The molecule has 0 bridgehead atoms. The molecule has 0 unspecified atom stereocenters. The molecule has 1 amide bonds. The van der Waals surface area contributed by atoms with E-state index in [1.807, 2.05) is 25.1 Å². The lowest BCUT2D eigenvalue weighted by molar-refractivity contribution is 0.0908. The van der Waals surface area contributed by atoms with E-state index < -0.39 is 10.1 Å². The first-order valence-corrected chi connectivity index (χ1v) is 12.0. The molecule has 1 aliphatic rings. The Morgan fingerprint density at radius 3 is 2.61 bits per heavy atom. The molecule has 31 heavy (non-hydrogen) atoms. The number of hydrogen-bond donors (Lipinski definition) is 2. The van der Waals surface area contributed by atoms with Gasteiger partial charge < -0.3 is 10.1 Å². The predicted octanol–water partition coefficient (Wildman–Crippen LogP) is 3.69. The van der Waals surface area contributed by atoms with E-state index in [1.165, 1.54) is 19.1 Å². The van der Waals surface area contributed by atoms with Crippen LogP contribution in [0.5, 0.6) is 5.75 Å². The Morgan fingerprint density at radius 2 is 1.97 bits per heavy atom. The van der Waals surface area contributed by atoms with Crippen molar-refractivity contribution < 1.29 is 22.5 Å². The van der Waals surface area contributed by atoms with Gasteiger partial charge in [-0.3, -0.25) is 14.2 Å². The van der Waals surface area contributed by atoms with Gasteiger partial charge in [-0.15, -0.1) is 0 Å². The monoisotopic (exact) mass is 466 g/mol. The van der Waals surface area contributed by atoms with Crippen molar-refractivity contribution in [2.75, 3.05) is 19.7 Å². The molecule has 2 aromatic rings. The van der Waals surface area contributed by atoms with E-state index >= 15 is 0 Å². The summed E-state index contributed by atoms with van der Waals surface area (Å²) in [5.74, 6) is 0.354. The second-order valence-corrected chi connectivity index (χ2v) is 9.42. The van der Waals surface area contributed by atoms with Crippen molar-refractivity contribution in [2.45, 2.75) is 44.2 Å². The van der Waals surface area contributed by atoms with Crippen molar-refractivity contribution in [2.24, 2.45) is 0 Å². The second kappa shape index (κ2) is 9.99. The van der Waals surface area contributed by atoms with Crippen LogP contribution in [0.25, 0.3) is 0 Å². The molecule has 0 atom stereocenters. The summed E-state index contributed by atoms with van der Waals surface area (Å²) < 4.78 is 37.9. The summed E-state index contributed by atoms with van der Waals surface area (Å²) in [7, 11) is -4.37. The summed E-state index contributed by atoms with van der Waals surface area (Å²) in [6, 6.07) is 10.1. The Morgan fingerprint density at radius 1 is 1.26 bits per heavy atom. The molecule has 1 aliphatic heterocycles. The Bertz CT molecular complexity index is 1050. The predicted molar refractivity (Wildman–Crippen MR) is 119 cm³/mol. The van der Waals surface area contributed by atoms with Gasteiger partial charge in [-0.2, -0.15) is 8.42 Å². The third-order valence-electron chi connectivity index (χ3n) is 5.43. The second-order valence-electron chi connectivity index (χ2n) is 7.63. The first-order chi connectivity index (χ1) is 14.7. The third kappa shape index (κ3) is 5.98. The molecule has 0 saturated carbocycles. The largest absolute Gasteiger partial charge is 0.492 e. The van der Waals surface area contributed by atoms with Crippen LogP contribution >= 0.6 is 11.6 Å². The smallest absolute Gasteiger partial charge is 0.294 e. The number of carbonyl (C=O) groups is 1. The van der Waals surface area contributed by atoms with Crippen molar-refractivity contribution in [3.05, 3.63) is 58.1 Å². The zero-order valence-electron chi connectivity index (χ0n) is 17.6. The quantitative estimate of drug-likeness (QED) is 0.604. The van der Waals surface area contributed by atoms with Crippen molar-refractivity contribution in [3.63, 3.8) is 0 Å². The van der Waals surface area contributed by atoms with Crippen LogP contribution in [0.1, 0.15) is 41.3 Å². The van der Waals surface area contributed by atoms with Crippen LogP contribution in [-0.2, 0) is 16.7 Å². The van der Waals surface area contributed by atoms with Crippen LogP contribution in [-0.4, -0.2) is 49.5 Å². The van der Waals surface area contributed by atoms with Gasteiger partial charge in [0.25, 0.3) is 16.0 Å². The molecule has 3 rings (SSSR count). The molecular formula is C22H27ClN2O5S. The van der Waals surface area contributed by atoms with Gasteiger partial charge in [0, 0.05) is 31.2 Å². The highest BCUT2D eigenvalue weighted by Gasteiger charge is 2.24. The lowest BCUT2D eigenvalue weighted by atomic mass is 10.0. The highest BCUT2D eigenvalue weighted by atomic mass is 35.5. The summed E-state index contributed by atoms with van der Waals surface area (Å²) >= 11 is 6.16. The van der Waals surface area contributed by atoms with Gasteiger partial charge in [-0.25, -0.2) is 0 Å². The molecule has 1 fully saturated rings. The minimum absolute atomic E-state index is 0.00161. The van der Waals surface area contributed by atoms with Gasteiger partial charge in [-0.1, -0.05) is 23.7 Å². The number of nitrogens with zero attached hydrogens (tertiary/aromatic N) is 1. The van der Waals surface area contributed by atoms with E-state index in [0.717, 1.165) is 38.0 Å². The minimum atomic E-state index is -4.37. The van der Waals surface area contributed by atoms with Crippen molar-refractivity contribution in [1.29, 1.82) is 0 Å². The maximum Gasteiger partial charge on any atom is 0.294 e. The van der Waals surface area contributed by atoms with Crippen LogP contribution < -0.4 is 10.1 Å². The van der Waals surface area contributed by atoms with E-state index in [4.69, 9.17) is 16.3 Å². The zero-order valence-corrected chi connectivity index (χ0v) is 19.2. The van der Waals surface area contributed by atoms with Crippen molar-refractivity contribution in [1.82, 2.24) is 10.2 Å². The number of ether oxygens (including phenoxy) is 1. The molecular weight excluding hydrogens is 440 g/mol. The molecule has 9 heteroatoms. The summed E-state index contributed by atoms with van der Waals surface area (Å²) in [6.07, 6.45) is 1.57. The molecule has 0 spiro atoms. The Labute approximate surface area is 188 Å². The lowest BCUT2D eigenvalue weighted by Gasteiger charge is -2.32. The molecule has 7 nitrogen and oxygen atoms in total. The van der Waals surface area contributed by atoms with E-state index in [0.29, 0.717) is 17.4 Å². The number of benzene rings is 2. The van der Waals surface area contributed by atoms with Crippen molar-refractivity contribution >= 4 is 27.6 Å². The summed E-state index contributed by atoms with van der Waals surface area (Å²) in [6.45, 7) is 6.41. The molecule has 2 aromatic carbocycles. The fourth-order valence-corrected chi connectivity index (χ4v) is 4.73. The van der Waals surface area contributed by atoms with Gasteiger partial charge in [-0.05, 0) is 62.1 Å². The van der Waals surface area contributed by atoms with Crippen LogP contribution in [0.4, 0.5) is 0 Å². The number of rotatable bonds is 7. The molecule has 0 aliphatic carbocycles. The number of amides is 1. The number of hydrogen-bond acceptors (Lipinski definition) is 5. The number of piperidine rings is 1. The van der Waals surface area contributed by atoms with E-state index in [1.54, 1.807) is 6.07 Å². The van der Waals surface area contributed by atoms with Crippen LogP contribution in [0.15, 0.2) is 41.3 Å². The van der Waals surface area contributed by atoms with Gasteiger partial charge in [0.15, 0.2) is 0 Å². The molecule has 2 N–H and O–H groups in total. The normalized spacial score (nSPS) is 15.6. The lowest BCUT2D eigenvalue weighted by Crippen LogP contribution is -2.44. The van der Waals surface area contributed by atoms with Crippen LogP contribution in [0.2, 0.25) is 5.02 Å². The fraction of sp³-hybridized carbons (Fsp3) is 0.409. The summed E-state index contributed by atoms with van der Waals surface area (Å²) in [4.78, 5) is 14.8. The van der Waals surface area contributed by atoms with Gasteiger partial charge >= 0.3 is 0 Å². The Hall–Kier alpha value is -2.13. The van der Waals surface area contributed by atoms with Gasteiger partial charge in [0.1, 0.15) is 5.75 Å². The third-order valence-corrected chi connectivity index (χ3v) is 6.74. The molecule has 168 valence electrons. The average Bonchev–Trinajstić information content (AvgIpc) is 2.71. The van der Waals surface area contributed by atoms with Gasteiger partial charge in [0.05, 0.1) is 16.5 Å². The Balaban J connectivity index is 1.57. The van der Waals surface area contributed by atoms with Crippen LogP contribution in [0.3, 0.4) is 0 Å². The molecule has 1 heterocycles. The number of likely N-dealkylation sites (tertiary alicyclic amines) is 1. The Kier molecular flexibility index (Phi) is 7.59. The highest BCUT2D eigenvalue weighted by Crippen LogP contribution is 2.27. The van der Waals surface area contributed by atoms with E-state index in [2.05, 4.69) is 10.2 Å². The van der Waals surface area contributed by atoms with Crippen molar-refractivity contribution in [3.8, 4) is 5.75 Å². The minimum Gasteiger partial charge on any atom is -0.492 e. The van der Waals surface area contributed by atoms with Gasteiger partial charge in [0.2, 0.25) is 0 Å². The maximum absolute atomic E-state index is 12.7. The first-order valence-electron chi connectivity index (χ1n) is 10.2.